The van der Waals surface area contributed by atoms with E-state index in [0.29, 0.717) is 21.3 Å². The van der Waals surface area contributed by atoms with E-state index >= 15 is 0 Å². The number of aromatic nitrogens is 2. The van der Waals surface area contributed by atoms with E-state index in [9.17, 15) is 10.0 Å². The number of benzene rings is 2. The zero-order valence-corrected chi connectivity index (χ0v) is 10.4. The molecule has 0 fully saturated rings. The molecule has 94 valence electrons. The van der Waals surface area contributed by atoms with Crippen molar-refractivity contribution >= 4 is 11.0 Å². The van der Waals surface area contributed by atoms with Gasteiger partial charge < -0.3 is 9.77 Å². The molecule has 3 rings (SSSR count). The number of para-hydroxylation sites is 2. The van der Waals surface area contributed by atoms with E-state index in [1.807, 2.05) is 24.3 Å². The van der Waals surface area contributed by atoms with Crippen LogP contribution in [-0.4, -0.2) is 4.57 Å². The quantitative estimate of drug-likeness (QED) is 0.490. The molecule has 0 N–H and O–H groups in total. The molecule has 0 aliphatic rings. The van der Waals surface area contributed by atoms with Gasteiger partial charge in [-0.3, -0.25) is 4.79 Å². The molecular weight excluding hydrogens is 240 g/mol. The minimum absolute atomic E-state index is 0.154. The minimum Gasteiger partial charge on any atom is -0.618 e. The number of rotatable bonds is 1. The summed E-state index contributed by atoms with van der Waals surface area (Å²) in [5.41, 5.74) is 1.61. The molecule has 0 spiro atoms. The third kappa shape index (κ3) is 1.69. The Morgan fingerprint density at radius 1 is 1.00 bits per heavy atom. The van der Waals surface area contributed by atoms with Crippen molar-refractivity contribution < 1.29 is 4.73 Å². The molecule has 0 aliphatic heterocycles. The SMILES string of the molecule is Cn1c(=O)c(-c2ccccc2)[n+]([O-])c2ccccc21. The van der Waals surface area contributed by atoms with Crippen molar-refractivity contribution in [2.24, 2.45) is 7.05 Å². The Hall–Kier alpha value is -2.62. The molecule has 1 heterocycles. The van der Waals surface area contributed by atoms with Crippen LogP contribution in [0.4, 0.5) is 0 Å². The van der Waals surface area contributed by atoms with Gasteiger partial charge in [-0.25, -0.2) is 0 Å². The average Bonchev–Trinajstić information content (AvgIpc) is 2.46. The first kappa shape index (κ1) is 11.5. The lowest BCUT2D eigenvalue weighted by Gasteiger charge is -2.10. The molecule has 3 aromatic rings. The maximum absolute atomic E-state index is 12.4. The molecule has 2 aromatic carbocycles. The minimum atomic E-state index is -0.292. The van der Waals surface area contributed by atoms with Gasteiger partial charge in [-0.15, -0.1) is 0 Å². The zero-order valence-electron chi connectivity index (χ0n) is 10.4. The smallest absolute Gasteiger partial charge is 0.324 e. The molecular formula is C15H12N2O2. The highest BCUT2D eigenvalue weighted by Crippen LogP contribution is 2.14. The summed E-state index contributed by atoms with van der Waals surface area (Å²) in [6.45, 7) is 0. The Kier molecular flexibility index (Phi) is 2.56. The van der Waals surface area contributed by atoms with E-state index in [0.717, 1.165) is 0 Å². The first-order valence-corrected chi connectivity index (χ1v) is 5.97. The summed E-state index contributed by atoms with van der Waals surface area (Å²) in [7, 11) is 1.68. The van der Waals surface area contributed by atoms with Crippen LogP contribution in [0.25, 0.3) is 22.3 Å². The van der Waals surface area contributed by atoms with E-state index in [2.05, 4.69) is 0 Å². The maximum atomic E-state index is 12.4. The van der Waals surface area contributed by atoms with Gasteiger partial charge in [-0.1, -0.05) is 30.3 Å². The summed E-state index contributed by atoms with van der Waals surface area (Å²) in [4.78, 5) is 12.3. The standard InChI is InChI=1S/C15H12N2O2/c1-16-12-9-5-6-10-13(12)17(19)14(15(16)18)11-7-3-2-4-8-11/h2-10H,1H3. The first-order chi connectivity index (χ1) is 9.20. The molecule has 0 saturated heterocycles. The fraction of sp³-hybridized carbons (Fsp3) is 0.0667. The van der Waals surface area contributed by atoms with Crippen molar-refractivity contribution in [2.75, 3.05) is 0 Å². The van der Waals surface area contributed by atoms with E-state index in [1.165, 1.54) is 4.57 Å². The summed E-state index contributed by atoms with van der Waals surface area (Å²) in [5, 5.41) is 12.4. The Labute approximate surface area is 109 Å². The van der Waals surface area contributed by atoms with Crippen molar-refractivity contribution in [3.05, 3.63) is 70.2 Å². The van der Waals surface area contributed by atoms with Gasteiger partial charge in [0.05, 0.1) is 5.56 Å². The second-order valence-electron chi connectivity index (χ2n) is 4.36. The fourth-order valence-corrected chi connectivity index (χ4v) is 2.23. The van der Waals surface area contributed by atoms with E-state index < -0.39 is 0 Å². The van der Waals surface area contributed by atoms with Gasteiger partial charge in [0, 0.05) is 13.1 Å². The Balaban J connectivity index is 2.48. The van der Waals surface area contributed by atoms with Crippen molar-refractivity contribution in [3.63, 3.8) is 0 Å². The zero-order chi connectivity index (χ0) is 13.4. The summed E-state index contributed by atoms with van der Waals surface area (Å²) in [6.07, 6.45) is 0. The second-order valence-corrected chi connectivity index (χ2v) is 4.36. The van der Waals surface area contributed by atoms with Crippen molar-refractivity contribution in [1.29, 1.82) is 0 Å². The van der Waals surface area contributed by atoms with Crippen LogP contribution in [0.5, 0.6) is 0 Å². The van der Waals surface area contributed by atoms with Crippen LogP contribution < -0.4 is 10.3 Å². The lowest BCUT2D eigenvalue weighted by molar-refractivity contribution is -0.566. The Morgan fingerprint density at radius 2 is 1.63 bits per heavy atom. The van der Waals surface area contributed by atoms with Gasteiger partial charge in [-0.2, -0.15) is 4.73 Å². The highest BCUT2D eigenvalue weighted by atomic mass is 16.5. The number of fused-ring (bicyclic) bond motifs is 1. The lowest BCUT2D eigenvalue weighted by Crippen LogP contribution is -2.40. The van der Waals surface area contributed by atoms with Crippen LogP contribution in [0.3, 0.4) is 0 Å². The average molecular weight is 252 g/mol. The molecule has 0 radical (unpaired) electrons. The monoisotopic (exact) mass is 252 g/mol. The molecule has 4 nitrogen and oxygen atoms in total. The summed E-state index contributed by atoms with van der Waals surface area (Å²) in [5.74, 6) is 0. The molecule has 0 aliphatic carbocycles. The van der Waals surface area contributed by atoms with Crippen LogP contribution in [0.1, 0.15) is 0 Å². The number of nitrogens with zero attached hydrogens (tertiary/aromatic N) is 2. The third-order valence-corrected chi connectivity index (χ3v) is 3.22. The largest absolute Gasteiger partial charge is 0.618 e. The lowest BCUT2D eigenvalue weighted by atomic mass is 10.1. The number of aryl methyl sites for hydroxylation is 1. The molecule has 0 unspecified atom stereocenters. The molecule has 0 saturated carbocycles. The van der Waals surface area contributed by atoms with Crippen molar-refractivity contribution in [2.45, 2.75) is 0 Å². The number of hydrogen-bond acceptors (Lipinski definition) is 2. The normalized spacial score (nSPS) is 10.8. The van der Waals surface area contributed by atoms with Gasteiger partial charge in [0.25, 0.3) is 5.69 Å². The molecule has 0 amide bonds. The van der Waals surface area contributed by atoms with Gasteiger partial charge in [0.1, 0.15) is 5.52 Å². The highest BCUT2D eigenvalue weighted by Gasteiger charge is 2.20. The van der Waals surface area contributed by atoms with Gasteiger partial charge in [0.2, 0.25) is 5.52 Å². The van der Waals surface area contributed by atoms with Gasteiger partial charge in [0.15, 0.2) is 0 Å². The summed E-state index contributed by atoms with van der Waals surface area (Å²) >= 11 is 0. The third-order valence-electron chi connectivity index (χ3n) is 3.22. The summed E-state index contributed by atoms with van der Waals surface area (Å²) < 4.78 is 2.22. The molecule has 19 heavy (non-hydrogen) atoms. The molecule has 0 bridgehead atoms. The molecule has 1 aromatic heterocycles. The maximum Gasteiger partial charge on any atom is 0.324 e. The van der Waals surface area contributed by atoms with Crippen molar-refractivity contribution in [1.82, 2.24) is 4.57 Å². The molecule has 0 atom stereocenters. The van der Waals surface area contributed by atoms with E-state index in [1.54, 1.807) is 37.4 Å². The number of hydrogen-bond donors (Lipinski definition) is 0. The fourth-order valence-electron chi connectivity index (χ4n) is 2.23. The van der Waals surface area contributed by atoms with Crippen LogP contribution in [0, 0.1) is 5.21 Å². The highest BCUT2D eigenvalue weighted by molar-refractivity contribution is 5.73. The van der Waals surface area contributed by atoms with Gasteiger partial charge in [-0.05, 0) is 18.2 Å². The van der Waals surface area contributed by atoms with E-state index in [-0.39, 0.29) is 11.3 Å². The van der Waals surface area contributed by atoms with Crippen LogP contribution >= 0.6 is 0 Å². The Morgan fingerprint density at radius 3 is 2.37 bits per heavy atom. The summed E-state index contributed by atoms with van der Waals surface area (Å²) in [6, 6.07) is 16.1. The van der Waals surface area contributed by atoms with Crippen molar-refractivity contribution in [3.8, 4) is 11.3 Å². The van der Waals surface area contributed by atoms with E-state index in [4.69, 9.17) is 0 Å². The predicted molar refractivity (Wildman–Crippen MR) is 73.6 cm³/mol. The Bertz CT molecular complexity index is 807. The topological polar surface area (TPSA) is 48.9 Å². The second kappa shape index (κ2) is 4.24. The van der Waals surface area contributed by atoms with Gasteiger partial charge >= 0.3 is 5.56 Å². The predicted octanol–water partition coefficient (Wildman–Crippen LogP) is 1.84. The van der Waals surface area contributed by atoms with Crippen LogP contribution in [0.15, 0.2) is 59.4 Å². The molecule has 4 heteroatoms. The first-order valence-electron chi connectivity index (χ1n) is 5.97. The van der Waals surface area contributed by atoms with Crippen LogP contribution in [-0.2, 0) is 7.05 Å². The van der Waals surface area contributed by atoms with Crippen LogP contribution in [0.2, 0.25) is 0 Å².